The second kappa shape index (κ2) is 8.92. The molecule has 30 heavy (non-hydrogen) atoms. The first-order chi connectivity index (χ1) is 14.5. The highest BCUT2D eigenvalue weighted by atomic mass is 32.1. The predicted molar refractivity (Wildman–Crippen MR) is 112 cm³/mol. The lowest BCUT2D eigenvalue weighted by atomic mass is 10.0. The number of hydrogen-bond donors (Lipinski definition) is 2. The second-order valence-electron chi connectivity index (χ2n) is 7.14. The van der Waals surface area contributed by atoms with Crippen molar-refractivity contribution in [3.8, 4) is 0 Å². The Labute approximate surface area is 180 Å². The Hall–Kier alpha value is -2.79. The standard InChI is InChI=1S/C19H19FN6O2S2/c1-10(27)21-18-26-24-17(30-18)12-7-6-11(8-12)9-15-23-25-19(29-15)22-16(28)13-4-2-3-5-14(13)20/h2-5,11-12H,6-9H2,1H3,(H,21,26,27)(H,22,25,28)/t11-,12+/m0/s1. The molecular weight excluding hydrogens is 427 g/mol. The molecule has 3 aromatic rings. The zero-order valence-electron chi connectivity index (χ0n) is 16.1. The number of halogens is 1. The number of benzene rings is 1. The van der Waals surface area contributed by atoms with Crippen LogP contribution in [0.2, 0.25) is 0 Å². The van der Waals surface area contributed by atoms with Crippen LogP contribution in [0.4, 0.5) is 14.7 Å². The van der Waals surface area contributed by atoms with Crippen LogP contribution in [0.5, 0.6) is 0 Å². The van der Waals surface area contributed by atoms with E-state index >= 15 is 0 Å². The molecule has 1 aliphatic carbocycles. The van der Waals surface area contributed by atoms with Gasteiger partial charge in [-0.05, 0) is 37.3 Å². The fourth-order valence-electron chi connectivity index (χ4n) is 3.53. The Morgan fingerprint density at radius 2 is 1.83 bits per heavy atom. The van der Waals surface area contributed by atoms with Crippen molar-refractivity contribution < 1.29 is 14.0 Å². The molecule has 1 aliphatic rings. The fourth-order valence-corrected chi connectivity index (χ4v) is 5.31. The van der Waals surface area contributed by atoms with Gasteiger partial charge in [-0.1, -0.05) is 34.8 Å². The number of aromatic nitrogens is 4. The summed E-state index contributed by atoms with van der Waals surface area (Å²) >= 11 is 2.73. The minimum atomic E-state index is -0.574. The van der Waals surface area contributed by atoms with Crippen LogP contribution < -0.4 is 10.6 Å². The zero-order valence-corrected chi connectivity index (χ0v) is 17.7. The zero-order chi connectivity index (χ0) is 21.1. The molecule has 1 saturated carbocycles. The Morgan fingerprint density at radius 3 is 2.63 bits per heavy atom. The van der Waals surface area contributed by atoms with Gasteiger partial charge in [-0.25, -0.2) is 4.39 Å². The van der Waals surface area contributed by atoms with Gasteiger partial charge in [-0.3, -0.25) is 14.9 Å². The van der Waals surface area contributed by atoms with E-state index in [-0.39, 0.29) is 11.5 Å². The van der Waals surface area contributed by atoms with Crippen molar-refractivity contribution in [1.82, 2.24) is 20.4 Å². The molecule has 4 rings (SSSR count). The number of carbonyl (C=O) groups excluding carboxylic acids is 2. The minimum absolute atomic E-state index is 0.0245. The van der Waals surface area contributed by atoms with E-state index in [2.05, 4.69) is 31.0 Å². The van der Waals surface area contributed by atoms with Crippen molar-refractivity contribution in [2.24, 2.45) is 5.92 Å². The minimum Gasteiger partial charge on any atom is -0.301 e. The van der Waals surface area contributed by atoms with Crippen LogP contribution in [0.25, 0.3) is 0 Å². The van der Waals surface area contributed by atoms with Crippen LogP contribution >= 0.6 is 22.7 Å². The number of amides is 2. The molecule has 1 aromatic carbocycles. The number of rotatable bonds is 6. The number of carbonyl (C=O) groups is 2. The Kier molecular flexibility index (Phi) is 6.09. The summed E-state index contributed by atoms with van der Waals surface area (Å²) < 4.78 is 13.7. The molecule has 0 radical (unpaired) electrons. The summed E-state index contributed by atoms with van der Waals surface area (Å²) in [5.41, 5.74) is -0.0245. The van der Waals surface area contributed by atoms with Crippen molar-refractivity contribution >= 4 is 44.8 Å². The average molecular weight is 447 g/mol. The summed E-state index contributed by atoms with van der Waals surface area (Å²) in [6.07, 6.45) is 3.78. The lowest BCUT2D eigenvalue weighted by molar-refractivity contribution is -0.114. The third-order valence-corrected chi connectivity index (χ3v) is 6.75. The molecule has 0 aliphatic heterocycles. The van der Waals surface area contributed by atoms with Crippen molar-refractivity contribution in [2.75, 3.05) is 10.6 Å². The molecule has 2 aromatic heterocycles. The predicted octanol–water partition coefficient (Wildman–Crippen LogP) is 3.87. The quantitative estimate of drug-likeness (QED) is 0.595. The summed E-state index contributed by atoms with van der Waals surface area (Å²) in [5, 5.41) is 24.4. The lowest BCUT2D eigenvalue weighted by Crippen LogP contribution is -2.13. The van der Waals surface area contributed by atoms with Gasteiger partial charge < -0.3 is 5.32 Å². The van der Waals surface area contributed by atoms with Crippen LogP contribution in [-0.4, -0.2) is 32.2 Å². The molecule has 0 bridgehead atoms. The molecule has 2 heterocycles. The number of anilines is 2. The molecule has 8 nitrogen and oxygen atoms in total. The Balaban J connectivity index is 1.32. The van der Waals surface area contributed by atoms with E-state index in [4.69, 9.17) is 0 Å². The molecule has 11 heteroatoms. The van der Waals surface area contributed by atoms with Gasteiger partial charge in [0.15, 0.2) is 0 Å². The number of nitrogens with one attached hydrogen (secondary N) is 2. The lowest BCUT2D eigenvalue weighted by Gasteiger charge is -2.06. The molecule has 2 amide bonds. The SMILES string of the molecule is CC(=O)Nc1nnc([C@@H]2CC[C@H](Cc3nnc(NC(=O)c4ccccc4F)s3)C2)s1. The van der Waals surface area contributed by atoms with Crippen LogP contribution in [0.15, 0.2) is 24.3 Å². The van der Waals surface area contributed by atoms with E-state index in [0.29, 0.717) is 22.1 Å². The normalized spacial score (nSPS) is 18.3. The summed E-state index contributed by atoms with van der Waals surface area (Å²) in [6.45, 7) is 1.45. The molecule has 0 unspecified atom stereocenters. The highest BCUT2D eigenvalue weighted by Gasteiger charge is 2.29. The molecule has 0 spiro atoms. The molecule has 1 fully saturated rings. The summed E-state index contributed by atoms with van der Waals surface area (Å²) in [5.74, 6) is -0.511. The van der Waals surface area contributed by atoms with E-state index in [9.17, 15) is 14.0 Å². The monoisotopic (exact) mass is 446 g/mol. The highest BCUT2D eigenvalue weighted by Crippen LogP contribution is 2.41. The van der Waals surface area contributed by atoms with Gasteiger partial charge in [-0.15, -0.1) is 20.4 Å². The van der Waals surface area contributed by atoms with Crippen molar-refractivity contribution in [2.45, 2.75) is 38.5 Å². The Bertz CT molecular complexity index is 1070. The first-order valence-corrected chi connectivity index (χ1v) is 11.1. The van der Waals surface area contributed by atoms with Crippen LogP contribution in [0, 0.1) is 11.7 Å². The highest BCUT2D eigenvalue weighted by molar-refractivity contribution is 7.15. The van der Waals surface area contributed by atoms with Crippen molar-refractivity contribution in [3.63, 3.8) is 0 Å². The Morgan fingerprint density at radius 1 is 1.07 bits per heavy atom. The average Bonchev–Trinajstić information content (AvgIpc) is 3.44. The number of nitrogens with zero attached hydrogens (tertiary/aromatic N) is 4. The van der Waals surface area contributed by atoms with Gasteiger partial charge in [0.05, 0.1) is 5.56 Å². The van der Waals surface area contributed by atoms with E-state index in [0.717, 1.165) is 35.7 Å². The van der Waals surface area contributed by atoms with E-state index < -0.39 is 11.7 Å². The van der Waals surface area contributed by atoms with E-state index in [1.54, 1.807) is 6.07 Å². The largest absolute Gasteiger partial charge is 0.301 e. The fraction of sp³-hybridized carbons (Fsp3) is 0.368. The molecule has 156 valence electrons. The van der Waals surface area contributed by atoms with Crippen LogP contribution in [0.1, 0.15) is 52.5 Å². The molecule has 2 N–H and O–H groups in total. The second-order valence-corrected chi connectivity index (χ2v) is 9.21. The van der Waals surface area contributed by atoms with Gasteiger partial charge in [0.2, 0.25) is 16.2 Å². The van der Waals surface area contributed by atoms with Crippen LogP contribution in [-0.2, 0) is 11.2 Å². The van der Waals surface area contributed by atoms with Gasteiger partial charge in [0, 0.05) is 19.3 Å². The van der Waals surface area contributed by atoms with E-state index in [1.807, 2.05) is 0 Å². The maximum absolute atomic E-state index is 13.7. The van der Waals surface area contributed by atoms with Gasteiger partial charge in [-0.2, -0.15) is 0 Å². The van der Waals surface area contributed by atoms with Crippen molar-refractivity contribution in [3.05, 3.63) is 45.7 Å². The first kappa shape index (κ1) is 20.5. The van der Waals surface area contributed by atoms with Crippen LogP contribution in [0.3, 0.4) is 0 Å². The van der Waals surface area contributed by atoms with Gasteiger partial charge >= 0.3 is 0 Å². The first-order valence-electron chi connectivity index (χ1n) is 9.47. The molecule has 2 atom stereocenters. The smallest absolute Gasteiger partial charge is 0.260 e. The summed E-state index contributed by atoms with van der Waals surface area (Å²) in [6, 6.07) is 5.81. The maximum Gasteiger partial charge on any atom is 0.260 e. The maximum atomic E-state index is 13.7. The summed E-state index contributed by atoms with van der Waals surface area (Å²) in [4.78, 5) is 23.3. The third kappa shape index (κ3) is 4.85. The molecule has 0 saturated heterocycles. The van der Waals surface area contributed by atoms with Gasteiger partial charge in [0.1, 0.15) is 15.8 Å². The molecular formula is C19H19FN6O2S2. The van der Waals surface area contributed by atoms with Gasteiger partial charge in [0.25, 0.3) is 5.91 Å². The number of hydrogen-bond acceptors (Lipinski definition) is 8. The summed E-state index contributed by atoms with van der Waals surface area (Å²) in [7, 11) is 0. The van der Waals surface area contributed by atoms with Crippen molar-refractivity contribution in [1.29, 1.82) is 0 Å². The third-order valence-electron chi connectivity index (χ3n) is 4.88. The topological polar surface area (TPSA) is 110 Å². The van der Waals surface area contributed by atoms with E-state index in [1.165, 1.54) is 47.8 Å².